The quantitative estimate of drug-likeness (QED) is 0.886. The molecule has 1 aromatic carbocycles. The maximum atomic E-state index is 12.3. The van der Waals surface area contributed by atoms with E-state index in [-0.39, 0.29) is 11.9 Å². The summed E-state index contributed by atoms with van der Waals surface area (Å²) in [6, 6.07) is 6.37. The van der Waals surface area contributed by atoms with Crippen LogP contribution in [0.3, 0.4) is 0 Å². The molecule has 7 nitrogen and oxygen atoms in total. The Morgan fingerprint density at radius 2 is 2.25 bits per heavy atom. The number of H-pyrrole nitrogens is 1. The fourth-order valence-electron chi connectivity index (χ4n) is 3.29. The van der Waals surface area contributed by atoms with Gasteiger partial charge in [0.25, 0.3) is 5.91 Å². The van der Waals surface area contributed by atoms with Crippen LogP contribution in [0.2, 0.25) is 0 Å². The highest BCUT2D eigenvalue weighted by Crippen LogP contribution is 2.26. The number of hydrogen-bond acceptors (Lipinski definition) is 5. The van der Waals surface area contributed by atoms with Crippen LogP contribution in [0.5, 0.6) is 0 Å². The third-order valence-corrected chi connectivity index (χ3v) is 4.65. The summed E-state index contributed by atoms with van der Waals surface area (Å²) in [5.41, 5.74) is 3.80. The van der Waals surface area contributed by atoms with E-state index in [0.29, 0.717) is 19.0 Å². The summed E-state index contributed by atoms with van der Waals surface area (Å²) in [7, 11) is 1.97. The van der Waals surface area contributed by atoms with E-state index in [9.17, 15) is 4.79 Å². The minimum absolute atomic E-state index is 0.207. The summed E-state index contributed by atoms with van der Waals surface area (Å²) < 4.78 is 5.50. The number of morpholine rings is 1. The van der Waals surface area contributed by atoms with Crippen molar-refractivity contribution in [2.24, 2.45) is 0 Å². The van der Waals surface area contributed by atoms with Gasteiger partial charge in [0.05, 0.1) is 6.61 Å². The lowest BCUT2D eigenvalue weighted by molar-refractivity contribution is -0.132. The maximum absolute atomic E-state index is 12.3. The smallest absolute Gasteiger partial charge is 0.257 e. The Labute approximate surface area is 140 Å². The molecule has 0 spiro atoms. The number of nitrogens with one attached hydrogen (secondary N) is 2. The molecule has 0 bridgehead atoms. The summed E-state index contributed by atoms with van der Waals surface area (Å²) in [4.78, 5) is 18.7. The number of rotatable bonds is 3. The number of nitrogens with zero attached hydrogens (tertiary/aromatic N) is 3. The second-order valence-electron chi connectivity index (χ2n) is 6.46. The molecule has 1 saturated heterocycles. The molecule has 1 aliphatic heterocycles. The number of aromatic amines is 1. The van der Waals surface area contributed by atoms with Crippen LogP contribution in [0.25, 0.3) is 11.4 Å². The number of likely N-dealkylation sites (N-methyl/N-ethyl adjacent to an activating group) is 1. The summed E-state index contributed by atoms with van der Waals surface area (Å²) in [6.45, 7) is 1.98. The average molecular weight is 327 g/mol. The van der Waals surface area contributed by atoms with Gasteiger partial charge in [-0.2, -0.15) is 4.98 Å². The number of aryl methyl sites for hydroxylation is 2. The number of benzene rings is 1. The van der Waals surface area contributed by atoms with Crippen LogP contribution in [0.4, 0.5) is 5.95 Å². The van der Waals surface area contributed by atoms with E-state index in [1.807, 2.05) is 7.05 Å². The highest BCUT2D eigenvalue weighted by Gasteiger charge is 2.25. The summed E-state index contributed by atoms with van der Waals surface area (Å²) in [5.74, 6) is 0.745. The van der Waals surface area contributed by atoms with Crippen molar-refractivity contribution in [3.63, 3.8) is 0 Å². The van der Waals surface area contributed by atoms with E-state index in [2.05, 4.69) is 43.6 Å². The first-order valence-electron chi connectivity index (χ1n) is 8.34. The Bertz CT molecular complexity index is 757. The van der Waals surface area contributed by atoms with E-state index in [1.165, 1.54) is 17.5 Å². The normalized spacial score (nSPS) is 20.8. The minimum atomic E-state index is -0.481. The fourth-order valence-corrected chi connectivity index (χ4v) is 3.29. The van der Waals surface area contributed by atoms with Crippen molar-refractivity contribution in [1.82, 2.24) is 20.1 Å². The first-order valence-corrected chi connectivity index (χ1v) is 8.34. The molecular weight excluding hydrogens is 306 g/mol. The molecule has 1 aromatic heterocycles. The van der Waals surface area contributed by atoms with Crippen LogP contribution >= 0.6 is 0 Å². The Hall–Kier alpha value is -2.25. The predicted octanol–water partition coefficient (Wildman–Crippen LogP) is 1.23. The number of aromatic nitrogens is 3. The molecule has 0 radical (unpaired) electrons. The van der Waals surface area contributed by atoms with Crippen molar-refractivity contribution >= 4 is 11.9 Å². The molecule has 1 atom stereocenters. The average Bonchev–Trinajstić information content (AvgIpc) is 3.23. The predicted molar refractivity (Wildman–Crippen MR) is 89.7 cm³/mol. The van der Waals surface area contributed by atoms with Crippen molar-refractivity contribution in [3.05, 3.63) is 29.3 Å². The SMILES string of the molecule is CN1CCOC(C(=O)Nc2n[nH]c(-c3ccc4c(c3)CCC4)n2)C1. The molecule has 1 amide bonds. The number of anilines is 1. The Morgan fingerprint density at radius 3 is 3.12 bits per heavy atom. The van der Waals surface area contributed by atoms with Crippen molar-refractivity contribution in [1.29, 1.82) is 0 Å². The van der Waals surface area contributed by atoms with Crippen LogP contribution in [0.1, 0.15) is 17.5 Å². The lowest BCUT2D eigenvalue weighted by atomic mass is 10.1. The summed E-state index contributed by atoms with van der Waals surface area (Å²) >= 11 is 0. The molecule has 7 heteroatoms. The highest BCUT2D eigenvalue weighted by molar-refractivity contribution is 5.93. The zero-order chi connectivity index (χ0) is 16.5. The molecule has 0 saturated carbocycles. The fraction of sp³-hybridized carbons (Fsp3) is 0.471. The zero-order valence-electron chi connectivity index (χ0n) is 13.7. The van der Waals surface area contributed by atoms with Gasteiger partial charge < -0.3 is 9.64 Å². The largest absolute Gasteiger partial charge is 0.366 e. The van der Waals surface area contributed by atoms with Crippen LogP contribution in [0.15, 0.2) is 18.2 Å². The van der Waals surface area contributed by atoms with Gasteiger partial charge in [0.15, 0.2) is 5.82 Å². The third kappa shape index (κ3) is 3.05. The minimum Gasteiger partial charge on any atom is -0.366 e. The first kappa shape index (κ1) is 15.3. The number of fused-ring (bicyclic) bond motifs is 1. The van der Waals surface area contributed by atoms with Gasteiger partial charge in [0.2, 0.25) is 5.95 Å². The van der Waals surface area contributed by atoms with Crippen molar-refractivity contribution in [2.75, 3.05) is 32.1 Å². The summed E-state index contributed by atoms with van der Waals surface area (Å²) in [6.07, 6.45) is 3.01. The number of ether oxygens (including phenoxy) is 1. The Morgan fingerprint density at radius 1 is 1.38 bits per heavy atom. The standard InChI is InChI=1S/C17H21N5O2/c1-22-7-8-24-14(10-22)16(23)19-17-18-15(20-21-17)13-6-5-11-3-2-4-12(11)9-13/h5-6,9,14H,2-4,7-8,10H2,1H3,(H2,18,19,20,21,23). The molecular formula is C17H21N5O2. The molecule has 2 aromatic rings. The van der Waals surface area contributed by atoms with Crippen molar-refractivity contribution < 1.29 is 9.53 Å². The van der Waals surface area contributed by atoms with Crippen LogP contribution in [0, 0.1) is 0 Å². The van der Waals surface area contributed by atoms with Gasteiger partial charge >= 0.3 is 0 Å². The Balaban J connectivity index is 1.46. The number of amides is 1. The van der Waals surface area contributed by atoms with Gasteiger partial charge in [-0.25, -0.2) is 0 Å². The van der Waals surface area contributed by atoms with E-state index >= 15 is 0 Å². The molecule has 1 unspecified atom stereocenters. The molecule has 126 valence electrons. The van der Waals surface area contributed by atoms with Gasteiger partial charge in [-0.15, -0.1) is 5.10 Å². The van der Waals surface area contributed by atoms with Gasteiger partial charge in [0, 0.05) is 18.7 Å². The monoisotopic (exact) mass is 327 g/mol. The van der Waals surface area contributed by atoms with Crippen LogP contribution < -0.4 is 5.32 Å². The molecule has 1 fully saturated rings. The molecule has 1 aliphatic carbocycles. The number of carbonyl (C=O) groups is 1. The van der Waals surface area contributed by atoms with Gasteiger partial charge in [-0.1, -0.05) is 12.1 Å². The third-order valence-electron chi connectivity index (χ3n) is 4.65. The lowest BCUT2D eigenvalue weighted by Gasteiger charge is -2.28. The van der Waals surface area contributed by atoms with E-state index < -0.39 is 6.10 Å². The van der Waals surface area contributed by atoms with Crippen LogP contribution in [-0.4, -0.2) is 58.8 Å². The molecule has 2 heterocycles. The lowest BCUT2D eigenvalue weighted by Crippen LogP contribution is -2.46. The van der Waals surface area contributed by atoms with Gasteiger partial charge in [0.1, 0.15) is 6.10 Å². The van der Waals surface area contributed by atoms with Gasteiger partial charge in [-0.3, -0.25) is 15.2 Å². The highest BCUT2D eigenvalue weighted by atomic mass is 16.5. The Kier molecular flexibility index (Phi) is 4.03. The topological polar surface area (TPSA) is 83.1 Å². The molecule has 2 N–H and O–H groups in total. The maximum Gasteiger partial charge on any atom is 0.257 e. The second kappa shape index (κ2) is 6.33. The first-order chi connectivity index (χ1) is 11.7. The van der Waals surface area contributed by atoms with Crippen LogP contribution in [-0.2, 0) is 22.4 Å². The van der Waals surface area contributed by atoms with E-state index in [4.69, 9.17) is 4.74 Å². The molecule has 4 rings (SSSR count). The van der Waals surface area contributed by atoms with E-state index in [1.54, 1.807) is 0 Å². The number of hydrogen-bond donors (Lipinski definition) is 2. The van der Waals surface area contributed by atoms with Crippen molar-refractivity contribution in [2.45, 2.75) is 25.4 Å². The van der Waals surface area contributed by atoms with E-state index in [0.717, 1.165) is 24.9 Å². The van der Waals surface area contributed by atoms with Crippen molar-refractivity contribution in [3.8, 4) is 11.4 Å². The zero-order valence-corrected chi connectivity index (χ0v) is 13.7. The molecule has 2 aliphatic rings. The van der Waals surface area contributed by atoms with Gasteiger partial charge in [-0.05, 0) is 43.5 Å². The number of carbonyl (C=O) groups excluding carboxylic acids is 1. The molecule has 24 heavy (non-hydrogen) atoms. The summed E-state index contributed by atoms with van der Waals surface area (Å²) in [5, 5.41) is 9.74. The second-order valence-corrected chi connectivity index (χ2v) is 6.46.